The molecule has 2 amide bonds. The minimum absolute atomic E-state index is 0.0381. The molecule has 0 unspecified atom stereocenters. The van der Waals surface area contributed by atoms with Crippen LogP contribution in [0.5, 0.6) is 0 Å². The number of carbonyl (C=O) groups is 2. The van der Waals surface area contributed by atoms with E-state index in [9.17, 15) is 9.59 Å². The fourth-order valence-corrected chi connectivity index (χ4v) is 4.35. The lowest BCUT2D eigenvalue weighted by Gasteiger charge is -2.49. The van der Waals surface area contributed by atoms with Gasteiger partial charge in [-0.25, -0.2) is 0 Å². The normalized spacial score (nSPS) is 23.1. The van der Waals surface area contributed by atoms with Crippen LogP contribution in [0.2, 0.25) is 0 Å². The number of carbonyl (C=O) groups excluding carboxylic acids is 2. The number of rotatable bonds is 4. The topological polar surface area (TPSA) is 60.9 Å². The van der Waals surface area contributed by atoms with Gasteiger partial charge in [0.25, 0.3) is 0 Å². The van der Waals surface area contributed by atoms with Crippen molar-refractivity contribution in [1.29, 1.82) is 0 Å². The van der Waals surface area contributed by atoms with Crippen LogP contribution in [-0.2, 0) is 9.59 Å². The highest BCUT2D eigenvalue weighted by Gasteiger charge is 2.46. The van der Waals surface area contributed by atoms with Crippen LogP contribution in [0, 0.1) is 5.41 Å². The Labute approximate surface area is 149 Å². The largest absolute Gasteiger partial charge is 0.396 e. The molecule has 5 heteroatoms. The Morgan fingerprint density at radius 3 is 2.52 bits per heavy atom. The molecule has 0 aliphatic carbocycles. The van der Waals surface area contributed by atoms with Gasteiger partial charge in [-0.3, -0.25) is 9.59 Å². The van der Waals surface area contributed by atoms with Crippen molar-refractivity contribution >= 4 is 11.8 Å². The molecular weight excluding hydrogens is 316 g/mol. The van der Waals surface area contributed by atoms with Crippen molar-refractivity contribution in [1.82, 2.24) is 9.80 Å². The number of likely N-dealkylation sites (tertiary alicyclic amines) is 2. The molecule has 0 bridgehead atoms. The lowest BCUT2D eigenvalue weighted by atomic mass is 9.67. The summed E-state index contributed by atoms with van der Waals surface area (Å²) in [5.41, 5.74) is 1.20. The summed E-state index contributed by atoms with van der Waals surface area (Å²) < 4.78 is 0. The highest BCUT2D eigenvalue weighted by Crippen LogP contribution is 2.45. The summed E-state index contributed by atoms with van der Waals surface area (Å²) in [6.45, 7) is 4.94. The van der Waals surface area contributed by atoms with Gasteiger partial charge in [0, 0.05) is 32.6 Å². The summed E-state index contributed by atoms with van der Waals surface area (Å²) in [4.78, 5) is 28.8. The van der Waals surface area contributed by atoms with Crippen LogP contribution in [0.4, 0.5) is 0 Å². The van der Waals surface area contributed by atoms with Crippen LogP contribution in [-0.4, -0.2) is 59.5 Å². The van der Waals surface area contributed by atoms with E-state index in [0.29, 0.717) is 0 Å². The van der Waals surface area contributed by atoms with Crippen molar-refractivity contribution in [3.8, 4) is 0 Å². The van der Waals surface area contributed by atoms with E-state index in [1.807, 2.05) is 34.9 Å². The van der Waals surface area contributed by atoms with E-state index >= 15 is 0 Å². The van der Waals surface area contributed by atoms with Crippen molar-refractivity contribution in [2.45, 2.75) is 38.5 Å². The third-order valence-corrected chi connectivity index (χ3v) is 5.86. The second kappa shape index (κ2) is 7.56. The molecule has 136 valence electrons. The van der Waals surface area contributed by atoms with Gasteiger partial charge in [-0.05, 0) is 37.2 Å². The standard InChI is InChI=1S/C20H28N2O3/c1-2-21-15-20(9-11-22(12-10-20)18(24)8-13-23)14-17(19(21)25)16-6-4-3-5-7-16/h3-7,17,23H,2,8-15H2,1H3/t17-/m1/s1. The maximum Gasteiger partial charge on any atom is 0.230 e. The number of nitrogens with zero attached hydrogens (tertiary/aromatic N) is 2. The Hall–Kier alpha value is -1.88. The van der Waals surface area contributed by atoms with Gasteiger partial charge < -0.3 is 14.9 Å². The highest BCUT2D eigenvalue weighted by molar-refractivity contribution is 5.85. The second-order valence-electron chi connectivity index (χ2n) is 7.37. The van der Waals surface area contributed by atoms with E-state index in [1.165, 1.54) is 0 Å². The number of aliphatic hydroxyl groups is 1. The van der Waals surface area contributed by atoms with E-state index in [-0.39, 0.29) is 36.2 Å². The molecule has 2 aliphatic rings. The predicted octanol–water partition coefficient (Wildman–Crippen LogP) is 2.01. The Morgan fingerprint density at radius 1 is 1.24 bits per heavy atom. The highest BCUT2D eigenvalue weighted by atomic mass is 16.3. The molecular formula is C20H28N2O3. The van der Waals surface area contributed by atoms with Gasteiger partial charge >= 0.3 is 0 Å². The fourth-order valence-electron chi connectivity index (χ4n) is 4.35. The van der Waals surface area contributed by atoms with Gasteiger partial charge in [0.2, 0.25) is 11.8 Å². The minimum atomic E-state index is -0.0886. The van der Waals surface area contributed by atoms with Gasteiger partial charge in [0.15, 0.2) is 0 Å². The summed E-state index contributed by atoms with van der Waals surface area (Å²) >= 11 is 0. The summed E-state index contributed by atoms with van der Waals surface area (Å²) in [5.74, 6) is 0.198. The first-order valence-corrected chi connectivity index (χ1v) is 9.31. The Kier molecular flexibility index (Phi) is 5.42. The van der Waals surface area contributed by atoms with E-state index in [0.717, 1.165) is 51.0 Å². The molecule has 2 fully saturated rings. The molecule has 0 aromatic heterocycles. The summed E-state index contributed by atoms with van der Waals surface area (Å²) in [6, 6.07) is 10.1. The Balaban J connectivity index is 1.76. The summed E-state index contributed by atoms with van der Waals surface area (Å²) in [5, 5.41) is 8.97. The zero-order valence-electron chi connectivity index (χ0n) is 15.0. The monoisotopic (exact) mass is 344 g/mol. The zero-order valence-corrected chi connectivity index (χ0v) is 15.0. The Bertz CT molecular complexity index is 609. The summed E-state index contributed by atoms with van der Waals surface area (Å²) in [7, 11) is 0. The van der Waals surface area contributed by atoms with Crippen molar-refractivity contribution in [2.24, 2.45) is 5.41 Å². The lowest BCUT2D eigenvalue weighted by Crippen LogP contribution is -2.54. The van der Waals surface area contributed by atoms with E-state index in [4.69, 9.17) is 5.11 Å². The molecule has 2 saturated heterocycles. The number of amides is 2. The number of aliphatic hydroxyl groups excluding tert-OH is 1. The lowest BCUT2D eigenvalue weighted by molar-refractivity contribution is -0.144. The summed E-state index contributed by atoms with van der Waals surface area (Å²) in [6.07, 6.45) is 2.93. The molecule has 1 aromatic rings. The smallest absolute Gasteiger partial charge is 0.230 e. The first-order chi connectivity index (χ1) is 12.1. The van der Waals surface area contributed by atoms with Crippen molar-refractivity contribution in [2.75, 3.05) is 32.8 Å². The first kappa shape index (κ1) is 17.9. The molecule has 0 saturated carbocycles. The molecule has 5 nitrogen and oxygen atoms in total. The SMILES string of the molecule is CCN1CC2(CCN(C(=O)CCO)CC2)C[C@H](c2ccccc2)C1=O. The third kappa shape index (κ3) is 3.71. The number of benzene rings is 1. The maximum atomic E-state index is 12.9. The van der Waals surface area contributed by atoms with E-state index in [1.54, 1.807) is 0 Å². The molecule has 0 radical (unpaired) electrons. The van der Waals surface area contributed by atoms with Gasteiger partial charge in [0.05, 0.1) is 12.5 Å². The molecule has 25 heavy (non-hydrogen) atoms. The van der Waals surface area contributed by atoms with Gasteiger partial charge in [0.1, 0.15) is 0 Å². The quantitative estimate of drug-likeness (QED) is 0.909. The molecule has 1 atom stereocenters. The van der Waals surface area contributed by atoms with Crippen LogP contribution in [0.1, 0.15) is 44.1 Å². The van der Waals surface area contributed by atoms with Gasteiger partial charge in [-0.15, -0.1) is 0 Å². The number of likely N-dealkylation sites (N-methyl/N-ethyl adjacent to an activating group) is 1. The number of hydrogen-bond donors (Lipinski definition) is 1. The van der Waals surface area contributed by atoms with Gasteiger partial charge in [-0.2, -0.15) is 0 Å². The molecule has 2 aliphatic heterocycles. The average molecular weight is 344 g/mol. The maximum absolute atomic E-state index is 12.9. The number of piperidine rings is 2. The molecule has 1 aromatic carbocycles. The minimum Gasteiger partial charge on any atom is -0.396 e. The zero-order chi connectivity index (χ0) is 17.9. The van der Waals surface area contributed by atoms with Crippen LogP contribution in [0.25, 0.3) is 0 Å². The number of hydrogen-bond acceptors (Lipinski definition) is 3. The first-order valence-electron chi connectivity index (χ1n) is 9.31. The van der Waals surface area contributed by atoms with Crippen molar-refractivity contribution in [3.63, 3.8) is 0 Å². The van der Waals surface area contributed by atoms with Crippen molar-refractivity contribution < 1.29 is 14.7 Å². The van der Waals surface area contributed by atoms with Crippen LogP contribution in [0.15, 0.2) is 30.3 Å². The van der Waals surface area contributed by atoms with Gasteiger partial charge in [-0.1, -0.05) is 30.3 Å². The van der Waals surface area contributed by atoms with Crippen LogP contribution < -0.4 is 0 Å². The van der Waals surface area contributed by atoms with Crippen LogP contribution >= 0.6 is 0 Å². The molecule has 3 rings (SSSR count). The van der Waals surface area contributed by atoms with Crippen molar-refractivity contribution in [3.05, 3.63) is 35.9 Å². The second-order valence-corrected chi connectivity index (χ2v) is 7.37. The third-order valence-electron chi connectivity index (χ3n) is 5.86. The Morgan fingerprint density at radius 2 is 1.92 bits per heavy atom. The molecule has 1 N–H and O–H groups in total. The fraction of sp³-hybridized carbons (Fsp3) is 0.600. The molecule has 2 heterocycles. The molecule has 1 spiro atoms. The van der Waals surface area contributed by atoms with E-state index < -0.39 is 0 Å². The predicted molar refractivity (Wildman–Crippen MR) is 96.0 cm³/mol. The van der Waals surface area contributed by atoms with Crippen LogP contribution in [0.3, 0.4) is 0 Å². The average Bonchev–Trinajstić information content (AvgIpc) is 2.65. The van der Waals surface area contributed by atoms with E-state index in [2.05, 4.69) is 12.1 Å².